The zero-order valence-electron chi connectivity index (χ0n) is 18.6. The van der Waals surface area contributed by atoms with Gasteiger partial charge in [0.15, 0.2) is 5.78 Å². The minimum Gasteiger partial charge on any atom is -0.342 e. The smallest absolute Gasteiger partial charge is 0.293 e. The van der Waals surface area contributed by atoms with E-state index in [1.54, 1.807) is 48.5 Å². The zero-order valence-corrected chi connectivity index (χ0v) is 22.5. The maximum Gasteiger partial charge on any atom is 0.293 e. The Hall–Kier alpha value is -2.84. The molecular weight excluding hydrogens is 583 g/mol. The van der Waals surface area contributed by atoms with Gasteiger partial charge < -0.3 is 4.57 Å². The molecule has 1 aromatic heterocycles. The maximum atomic E-state index is 13.1. The van der Waals surface area contributed by atoms with Crippen LogP contribution in [-0.2, 0) is 11.3 Å². The Morgan fingerprint density at radius 2 is 1.64 bits per heavy atom. The Kier molecular flexibility index (Phi) is 7.08. The molecule has 0 unspecified atom stereocenters. The summed E-state index contributed by atoms with van der Waals surface area (Å²) in [6.45, 7) is 0.131. The highest BCUT2D eigenvalue weighted by Gasteiger charge is 2.36. The van der Waals surface area contributed by atoms with Crippen molar-refractivity contribution in [2.75, 3.05) is 6.54 Å². The van der Waals surface area contributed by atoms with Gasteiger partial charge in [0.2, 0.25) is 0 Å². The molecule has 0 radical (unpaired) electrons. The maximum absolute atomic E-state index is 13.1. The number of hydrogen-bond donors (Lipinski definition) is 0. The molecular formula is C27H17BrCl2N2O3S. The predicted octanol–water partition coefficient (Wildman–Crippen LogP) is 7.68. The number of carbonyl (C=O) groups is 3. The Morgan fingerprint density at radius 3 is 2.36 bits per heavy atom. The molecule has 5 nitrogen and oxygen atoms in total. The van der Waals surface area contributed by atoms with E-state index in [9.17, 15) is 14.4 Å². The van der Waals surface area contributed by atoms with Crippen molar-refractivity contribution in [2.24, 2.45) is 0 Å². The lowest BCUT2D eigenvalue weighted by atomic mass is 10.1. The van der Waals surface area contributed by atoms with Crippen LogP contribution in [0.3, 0.4) is 0 Å². The molecule has 2 amide bonds. The van der Waals surface area contributed by atoms with Crippen LogP contribution in [0.1, 0.15) is 21.5 Å². The number of benzene rings is 3. The van der Waals surface area contributed by atoms with E-state index in [2.05, 4.69) is 15.9 Å². The number of ketones is 1. The van der Waals surface area contributed by atoms with Gasteiger partial charge in [-0.2, -0.15) is 0 Å². The molecule has 4 aromatic rings. The average Bonchev–Trinajstić information content (AvgIpc) is 3.34. The minimum atomic E-state index is -0.485. The molecule has 0 spiro atoms. The van der Waals surface area contributed by atoms with Gasteiger partial charge in [-0.1, -0.05) is 75.5 Å². The Bertz CT molecular complexity index is 1540. The van der Waals surface area contributed by atoms with E-state index >= 15 is 0 Å². The quantitative estimate of drug-likeness (QED) is 0.168. The summed E-state index contributed by atoms with van der Waals surface area (Å²) < 4.78 is 2.85. The number of aromatic nitrogens is 1. The van der Waals surface area contributed by atoms with Crippen LogP contribution in [-0.4, -0.2) is 32.9 Å². The fraction of sp³-hybridized carbons (Fsp3) is 0.0741. The molecule has 180 valence electrons. The number of thioether (sulfide) groups is 1. The second-order valence-corrected chi connectivity index (χ2v) is 10.9. The third-order valence-corrected chi connectivity index (χ3v) is 7.98. The van der Waals surface area contributed by atoms with Gasteiger partial charge in [0.25, 0.3) is 11.1 Å². The summed E-state index contributed by atoms with van der Waals surface area (Å²) in [5.74, 6) is -0.791. The van der Waals surface area contributed by atoms with Crippen LogP contribution in [0.25, 0.3) is 17.0 Å². The number of nitrogens with zero attached hydrogens (tertiary/aromatic N) is 2. The average molecular weight is 600 g/mol. The van der Waals surface area contributed by atoms with Gasteiger partial charge in [-0.25, -0.2) is 0 Å². The van der Waals surface area contributed by atoms with Gasteiger partial charge >= 0.3 is 0 Å². The van der Waals surface area contributed by atoms with E-state index in [0.29, 0.717) is 22.2 Å². The van der Waals surface area contributed by atoms with Crippen molar-refractivity contribution < 1.29 is 14.4 Å². The van der Waals surface area contributed by atoms with Crippen LogP contribution in [0.15, 0.2) is 82.3 Å². The summed E-state index contributed by atoms with van der Waals surface area (Å²) in [5.41, 5.74) is 2.94. The largest absolute Gasteiger partial charge is 0.342 e. The Balaban J connectivity index is 1.44. The summed E-state index contributed by atoms with van der Waals surface area (Å²) in [6, 6.07) is 19.9. The summed E-state index contributed by atoms with van der Waals surface area (Å²) in [4.78, 5) is 39.6. The molecule has 9 heteroatoms. The van der Waals surface area contributed by atoms with Crippen LogP contribution in [0.5, 0.6) is 0 Å². The zero-order chi connectivity index (χ0) is 25.4. The molecule has 0 atom stereocenters. The van der Waals surface area contributed by atoms with Crippen molar-refractivity contribution in [3.8, 4) is 0 Å². The number of amides is 2. The van der Waals surface area contributed by atoms with E-state index in [1.807, 2.05) is 35.0 Å². The highest BCUT2D eigenvalue weighted by Crippen LogP contribution is 2.35. The number of rotatable bonds is 6. The van der Waals surface area contributed by atoms with E-state index in [0.717, 1.165) is 43.2 Å². The van der Waals surface area contributed by atoms with Crippen molar-refractivity contribution in [1.82, 2.24) is 9.47 Å². The fourth-order valence-corrected chi connectivity index (χ4v) is 5.63. The van der Waals surface area contributed by atoms with Gasteiger partial charge in [-0.15, -0.1) is 0 Å². The number of hydrogen-bond acceptors (Lipinski definition) is 4. The van der Waals surface area contributed by atoms with Gasteiger partial charge in [-0.05, 0) is 48.2 Å². The van der Waals surface area contributed by atoms with E-state index in [1.165, 1.54) is 0 Å². The molecule has 3 aromatic carbocycles. The van der Waals surface area contributed by atoms with Gasteiger partial charge in [0.05, 0.1) is 18.0 Å². The van der Waals surface area contributed by atoms with Crippen LogP contribution in [0.2, 0.25) is 10.0 Å². The van der Waals surface area contributed by atoms with E-state index in [-0.39, 0.29) is 17.2 Å². The molecule has 36 heavy (non-hydrogen) atoms. The van der Waals surface area contributed by atoms with Crippen molar-refractivity contribution in [1.29, 1.82) is 0 Å². The number of imide groups is 1. The molecule has 1 aliphatic rings. The minimum absolute atomic E-state index is 0.266. The number of fused-ring (bicyclic) bond motifs is 1. The molecule has 1 aliphatic heterocycles. The topological polar surface area (TPSA) is 59.4 Å². The first-order valence-corrected chi connectivity index (χ1v) is 13.2. The second kappa shape index (κ2) is 10.3. The molecule has 0 bridgehead atoms. The molecule has 2 heterocycles. The number of carbonyl (C=O) groups excluding carboxylic acids is 3. The summed E-state index contributed by atoms with van der Waals surface area (Å²) >= 11 is 16.9. The van der Waals surface area contributed by atoms with Gasteiger partial charge in [-0.3, -0.25) is 19.3 Å². The summed E-state index contributed by atoms with van der Waals surface area (Å²) in [6.07, 6.45) is 3.60. The lowest BCUT2D eigenvalue weighted by Gasteiger charge is -2.11. The first kappa shape index (κ1) is 24.8. The van der Waals surface area contributed by atoms with Crippen LogP contribution in [0.4, 0.5) is 4.79 Å². The normalized spacial score (nSPS) is 14.9. The van der Waals surface area contributed by atoms with Gasteiger partial charge in [0, 0.05) is 48.3 Å². The fourth-order valence-electron chi connectivity index (χ4n) is 4.02. The van der Waals surface area contributed by atoms with Gasteiger partial charge in [0.1, 0.15) is 0 Å². The third-order valence-electron chi connectivity index (χ3n) is 5.84. The lowest BCUT2D eigenvalue weighted by molar-refractivity contribution is -0.122. The van der Waals surface area contributed by atoms with Crippen molar-refractivity contribution in [3.63, 3.8) is 0 Å². The highest BCUT2D eigenvalue weighted by atomic mass is 79.9. The molecule has 1 fully saturated rings. The summed E-state index contributed by atoms with van der Waals surface area (Å²) in [7, 11) is 0. The highest BCUT2D eigenvalue weighted by molar-refractivity contribution is 9.10. The number of Topliss-reactive ketones (excluding diaryl/α,β-unsaturated/α-hetero) is 1. The Morgan fingerprint density at radius 1 is 0.944 bits per heavy atom. The van der Waals surface area contributed by atoms with Crippen molar-refractivity contribution in [3.05, 3.63) is 109 Å². The second-order valence-electron chi connectivity index (χ2n) is 8.13. The third kappa shape index (κ3) is 4.89. The molecule has 0 aliphatic carbocycles. The standard InChI is InChI=1S/C27H17BrCl2N2O3S/c28-18-10-8-16(9-11-18)24(33)15-32-26(34)25(36-27(32)35)12-17-13-31(23-7-2-1-4-19(17)23)14-20-21(29)5-3-6-22(20)30/h1-13H,14-15H2/b25-12-. The molecule has 1 saturated heterocycles. The first-order chi connectivity index (χ1) is 17.3. The summed E-state index contributed by atoms with van der Waals surface area (Å²) in [5, 5.41) is 1.58. The lowest BCUT2D eigenvalue weighted by Crippen LogP contribution is -2.33. The first-order valence-electron chi connectivity index (χ1n) is 10.9. The van der Waals surface area contributed by atoms with Crippen LogP contribution in [0, 0.1) is 0 Å². The van der Waals surface area contributed by atoms with Crippen LogP contribution < -0.4 is 0 Å². The van der Waals surface area contributed by atoms with Crippen LogP contribution >= 0.6 is 50.9 Å². The number of halogens is 3. The van der Waals surface area contributed by atoms with E-state index in [4.69, 9.17) is 23.2 Å². The SMILES string of the molecule is O=C(CN1C(=O)S/C(=C\c2cn(Cc3c(Cl)cccc3Cl)c3ccccc23)C1=O)c1ccc(Br)cc1. The molecule has 0 saturated carbocycles. The molecule has 5 rings (SSSR count). The number of para-hydroxylation sites is 1. The molecule has 0 N–H and O–H groups in total. The Labute approximate surface area is 229 Å². The predicted molar refractivity (Wildman–Crippen MR) is 149 cm³/mol. The van der Waals surface area contributed by atoms with E-state index < -0.39 is 11.1 Å². The monoisotopic (exact) mass is 598 g/mol. The van der Waals surface area contributed by atoms with Crippen molar-refractivity contribution in [2.45, 2.75) is 6.54 Å². The van der Waals surface area contributed by atoms with Crippen molar-refractivity contribution >= 4 is 84.8 Å².